The highest BCUT2D eigenvalue weighted by Crippen LogP contribution is 2.31. The number of hydrogen-bond donors (Lipinski definition) is 2. The van der Waals surface area contributed by atoms with Crippen LogP contribution in [0.1, 0.15) is 33.1 Å². The van der Waals surface area contributed by atoms with Crippen LogP contribution < -0.4 is 11.1 Å². The fourth-order valence-electron chi connectivity index (χ4n) is 2.56. The summed E-state index contributed by atoms with van der Waals surface area (Å²) >= 11 is 0. The van der Waals surface area contributed by atoms with Gasteiger partial charge < -0.3 is 16.0 Å². The minimum absolute atomic E-state index is 0.129. The molecule has 1 spiro atoms. The molecule has 2 heterocycles. The first-order chi connectivity index (χ1) is 7.54. The highest BCUT2D eigenvalue weighted by Gasteiger charge is 2.40. The summed E-state index contributed by atoms with van der Waals surface area (Å²) in [7, 11) is 0. The van der Waals surface area contributed by atoms with Gasteiger partial charge in [0.05, 0.1) is 6.04 Å². The summed E-state index contributed by atoms with van der Waals surface area (Å²) in [5, 5.41) is 3.50. The zero-order valence-electron chi connectivity index (χ0n) is 10.3. The lowest BCUT2D eigenvalue weighted by atomic mass is 9.79. The van der Waals surface area contributed by atoms with Gasteiger partial charge in [-0.1, -0.05) is 13.8 Å². The molecule has 2 saturated heterocycles. The Labute approximate surface area is 97.6 Å². The molecule has 92 valence electrons. The van der Waals surface area contributed by atoms with E-state index >= 15 is 0 Å². The number of carbonyl (C=O) groups is 1. The number of rotatable bonds is 2. The Morgan fingerprint density at radius 1 is 1.31 bits per heavy atom. The van der Waals surface area contributed by atoms with Crippen molar-refractivity contribution in [2.45, 2.75) is 44.7 Å². The van der Waals surface area contributed by atoms with Crippen molar-refractivity contribution in [2.75, 3.05) is 19.6 Å². The molecule has 0 unspecified atom stereocenters. The van der Waals surface area contributed by atoms with Crippen molar-refractivity contribution in [3.8, 4) is 0 Å². The monoisotopic (exact) mass is 225 g/mol. The Morgan fingerprint density at radius 3 is 2.25 bits per heavy atom. The topological polar surface area (TPSA) is 58.4 Å². The summed E-state index contributed by atoms with van der Waals surface area (Å²) in [5.74, 6) is 0.356. The Bertz CT molecular complexity index is 263. The van der Waals surface area contributed by atoms with Crippen molar-refractivity contribution in [1.29, 1.82) is 0 Å². The molecule has 2 aliphatic rings. The van der Waals surface area contributed by atoms with Crippen molar-refractivity contribution in [3.05, 3.63) is 0 Å². The molecule has 3 N–H and O–H groups in total. The molecule has 2 aliphatic heterocycles. The first-order valence-corrected chi connectivity index (χ1v) is 6.33. The normalized spacial score (nSPS) is 25.6. The highest BCUT2D eigenvalue weighted by molar-refractivity contribution is 5.82. The number of hydrogen-bond acceptors (Lipinski definition) is 3. The van der Waals surface area contributed by atoms with E-state index in [2.05, 4.69) is 5.32 Å². The predicted octanol–water partition coefficient (Wildman–Crippen LogP) is 0.324. The SMILES string of the molecule is CC(C)[C@@H](N)C(=O)N1CCC2(CCN2)CC1. The van der Waals surface area contributed by atoms with E-state index in [0.29, 0.717) is 5.54 Å². The van der Waals surface area contributed by atoms with Gasteiger partial charge in [-0.3, -0.25) is 4.79 Å². The third kappa shape index (κ3) is 2.09. The lowest BCUT2D eigenvalue weighted by molar-refractivity contribution is -0.135. The number of nitrogens with two attached hydrogens (primary N) is 1. The van der Waals surface area contributed by atoms with E-state index in [9.17, 15) is 4.79 Å². The molecule has 2 rings (SSSR count). The molecule has 0 bridgehead atoms. The van der Waals surface area contributed by atoms with E-state index in [4.69, 9.17) is 5.73 Å². The van der Waals surface area contributed by atoms with Crippen LogP contribution in [0.15, 0.2) is 0 Å². The lowest BCUT2D eigenvalue weighted by Crippen LogP contribution is -2.63. The quantitative estimate of drug-likeness (QED) is 0.712. The molecule has 0 aromatic carbocycles. The van der Waals surface area contributed by atoms with Crippen molar-refractivity contribution in [3.63, 3.8) is 0 Å². The van der Waals surface area contributed by atoms with Gasteiger partial charge in [0.1, 0.15) is 0 Å². The Hall–Kier alpha value is -0.610. The van der Waals surface area contributed by atoms with Crippen LogP contribution in [0, 0.1) is 5.92 Å². The number of likely N-dealkylation sites (tertiary alicyclic amines) is 1. The van der Waals surface area contributed by atoms with Gasteiger partial charge in [0.15, 0.2) is 0 Å². The Kier molecular flexibility index (Phi) is 3.22. The fourth-order valence-corrected chi connectivity index (χ4v) is 2.56. The summed E-state index contributed by atoms with van der Waals surface area (Å²) in [6.45, 7) is 6.88. The number of nitrogens with zero attached hydrogens (tertiary/aromatic N) is 1. The maximum Gasteiger partial charge on any atom is 0.239 e. The van der Waals surface area contributed by atoms with E-state index < -0.39 is 0 Å². The van der Waals surface area contributed by atoms with Gasteiger partial charge >= 0.3 is 0 Å². The van der Waals surface area contributed by atoms with Crippen molar-refractivity contribution >= 4 is 5.91 Å². The molecule has 0 aromatic rings. The van der Waals surface area contributed by atoms with Crippen LogP contribution in [-0.4, -0.2) is 42.0 Å². The summed E-state index contributed by atoms with van der Waals surface area (Å²) in [6.07, 6.45) is 3.44. The summed E-state index contributed by atoms with van der Waals surface area (Å²) in [6, 6.07) is -0.330. The average Bonchev–Trinajstić information content (AvgIpc) is 2.25. The Morgan fingerprint density at radius 2 is 1.88 bits per heavy atom. The maximum atomic E-state index is 12.0. The van der Waals surface area contributed by atoms with E-state index in [-0.39, 0.29) is 17.9 Å². The van der Waals surface area contributed by atoms with Crippen LogP contribution in [0.2, 0.25) is 0 Å². The first-order valence-electron chi connectivity index (χ1n) is 6.33. The summed E-state index contributed by atoms with van der Waals surface area (Å²) in [4.78, 5) is 14.0. The molecular formula is C12H23N3O. The smallest absolute Gasteiger partial charge is 0.239 e. The lowest BCUT2D eigenvalue weighted by Gasteiger charge is -2.49. The molecule has 4 nitrogen and oxygen atoms in total. The molecule has 1 atom stereocenters. The van der Waals surface area contributed by atoms with Crippen molar-refractivity contribution in [2.24, 2.45) is 11.7 Å². The zero-order valence-corrected chi connectivity index (χ0v) is 10.3. The van der Waals surface area contributed by atoms with Gasteiger partial charge in [-0.2, -0.15) is 0 Å². The van der Waals surface area contributed by atoms with Gasteiger partial charge in [-0.05, 0) is 31.7 Å². The molecule has 16 heavy (non-hydrogen) atoms. The van der Waals surface area contributed by atoms with Gasteiger partial charge in [0, 0.05) is 18.6 Å². The van der Waals surface area contributed by atoms with Crippen LogP contribution >= 0.6 is 0 Å². The number of piperidine rings is 1. The van der Waals surface area contributed by atoms with Gasteiger partial charge in [-0.25, -0.2) is 0 Å². The van der Waals surface area contributed by atoms with Crippen molar-refractivity contribution < 1.29 is 4.79 Å². The molecule has 4 heteroatoms. The van der Waals surface area contributed by atoms with Crippen molar-refractivity contribution in [1.82, 2.24) is 10.2 Å². The highest BCUT2D eigenvalue weighted by atomic mass is 16.2. The van der Waals surface area contributed by atoms with Crippen LogP contribution in [0.25, 0.3) is 0 Å². The number of nitrogens with one attached hydrogen (secondary N) is 1. The molecule has 2 fully saturated rings. The summed E-state index contributed by atoms with van der Waals surface area (Å²) in [5.41, 5.74) is 6.26. The molecule has 0 saturated carbocycles. The number of carbonyl (C=O) groups excluding carboxylic acids is 1. The fraction of sp³-hybridized carbons (Fsp3) is 0.917. The van der Waals surface area contributed by atoms with Gasteiger partial charge in [0.25, 0.3) is 0 Å². The molecule has 0 aliphatic carbocycles. The maximum absolute atomic E-state index is 12.0. The standard InChI is InChI=1S/C12H23N3O/c1-9(2)10(13)11(16)15-7-4-12(5-8-15)3-6-14-12/h9-10,14H,3-8,13H2,1-2H3/t10-/m1/s1. The Balaban J connectivity index is 1.86. The van der Waals surface area contributed by atoms with E-state index in [1.165, 1.54) is 6.42 Å². The van der Waals surface area contributed by atoms with E-state index in [1.54, 1.807) is 0 Å². The third-order valence-electron chi connectivity index (χ3n) is 4.14. The third-order valence-corrected chi connectivity index (χ3v) is 4.14. The largest absolute Gasteiger partial charge is 0.341 e. The van der Waals surface area contributed by atoms with Crippen LogP contribution in [0.5, 0.6) is 0 Å². The molecule has 0 aromatic heterocycles. The molecule has 1 amide bonds. The number of amides is 1. The van der Waals surface area contributed by atoms with Gasteiger partial charge in [-0.15, -0.1) is 0 Å². The van der Waals surface area contributed by atoms with Gasteiger partial charge in [0.2, 0.25) is 5.91 Å². The minimum atomic E-state index is -0.330. The average molecular weight is 225 g/mol. The molecular weight excluding hydrogens is 202 g/mol. The van der Waals surface area contributed by atoms with Crippen LogP contribution in [0.3, 0.4) is 0 Å². The molecule has 0 radical (unpaired) electrons. The zero-order chi connectivity index (χ0) is 11.8. The first kappa shape index (κ1) is 11.9. The minimum Gasteiger partial charge on any atom is -0.341 e. The van der Waals surface area contributed by atoms with E-state index in [0.717, 1.165) is 32.5 Å². The van der Waals surface area contributed by atoms with E-state index in [1.807, 2.05) is 18.7 Å². The summed E-state index contributed by atoms with van der Waals surface area (Å²) < 4.78 is 0. The second kappa shape index (κ2) is 4.34. The van der Waals surface area contributed by atoms with Crippen LogP contribution in [-0.2, 0) is 4.79 Å². The van der Waals surface area contributed by atoms with Crippen LogP contribution in [0.4, 0.5) is 0 Å². The second-order valence-electron chi connectivity index (χ2n) is 5.55. The second-order valence-corrected chi connectivity index (χ2v) is 5.55. The predicted molar refractivity (Wildman–Crippen MR) is 64.0 cm³/mol.